The van der Waals surface area contributed by atoms with Crippen LogP contribution in [0.15, 0.2) is 46.9 Å². The quantitative estimate of drug-likeness (QED) is 0.147. The maximum Gasteiger partial charge on any atom is 0.229 e. The summed E-state index contributed by atoms with van der Waals surface area (Å²) in [6, 6.07) is 14.9. The second-order valence-corrected chi connectivity index (χ2v) is 11.8. The Kier molecular flexibility index (Phi) is 14.2. The summed E-state index contributed by atoms with van der Waals surface area (Å²) in [4.78, 5) is 17.5. The minimum Gasteiger partial charge on any atom is -0.356 e. The Morgan fingerprint density at radius 1 is 0.650 bits per heavy atom. The van der Waals surface area contributed by atoms with Gasteiger partial charge in [0.1, 0.15) is 5.82 Å². The van der Waals surface area contributed by atoms with Crippen molar-refractivity contribution in [2.45, 2.75) is 73.1 Å². The van der Waals surface area contributed by atoms with E-state index >= 15 is 0 Å². The summed E-state index contributed by atoms with van der Waals surface area (Å²) in [5.41, 5.74) is 1.99. The molecule has 0 spiro atoms. The van der Waals surface area contributed by atoms with Crippen LogP contribution in [0.5, 0.6) is 0 Å². The monoisotopic (exact) mass is 610 g/mol. The van der Waals surface area contributed by atoms with Crippen molar-refractivity contribution in [1.29, 1.82) is 0 Å². The van der Waals surface area contributed by atoms with Crippen LogP contribution in [0.4, 0.5) is 17.5 Å². The van der Waals surface area contributed by atoms with E-state index in [4.69, 9.17) is 9.97 Å². The van der Waals surface area contributed by atoms with Crippen LogP contribution in [0, 0.1) is 6.92 Å². The Bertz CT molecular complexity index is 1120. The third-order valence-electron chi connectivity index (χ3n) is 7.19. The number of rotatable bonds is 19. The average molecular weight is 612 g/mol. The molecule has 0 unspecified atom stereocenters. The predicted octanol–water partition coefficient (Wildman–Crippen LogP) is 8.27. The van der Waals surface area contributed by atoms with E-state index in [1.807, 2.05) is 0 Å². The Balaban J connectivity index is 1.76. The molecule has 0 saturated carbocycles. The maximum absolute atomic E-state index is 5.03. The van der Waals surface area contributed by atoms with Crippen molar-refractivity contribution in [3.63, 3.8) is 0 Å². The van der Waals surface area contributed by atoms with Gasteiger partial charge in [0.2, 0.25) is 5.95 Å². The highest BCUT2D eigenvalue weighted by Gasteiger charge is 2.14. The standard InChI is InChI=1S/C33H51BrN6/c1-6-16-38(17-7-2)20-10-22-40(23-11-21-39(18-8-3)19-9-4)32-24-27(5)35-33(37-32)36-31-15-13-28-25-30(34)14-12-29(28)26-31/h12-15,24-26H,6-11,16-23H2,1-5H3,(H,35,36,37). The third kappa shape index (κ3) is 10.6. The molecule has 1 heterocycles. The first-order chi connectivity index (χ1) is 19.4. The first kappa shape index (κ1) is 32.3. The van der Waals surface area contributed by atoms with Crippen molar-refractivity contribution in [2.75, 3.05) is 62.6 Å². The number of nitrogens with one attached hydrogen (secondary N) is 1. The molecule has 0 aliphatic heterocycles. The van der Waals surface area contributed by atoms with Crippen molar-refractivity contribution in [2.24, 2.45) is 0 Å². The van der Waals surface area contributed by atoms with Gasteiger partial charge in [0.05, 0.1) is 0 Å². The Labute approximate surface area is 251 Å². The van der Waals surface area contributed by atoms with Gasteiger partial charge >= 0.3 is 0 Å². The maximum atomic E-state index is 5.03. The smallest absolute Gasteiger partial charge is 0.229 e. The molecular weight excluding hydrogens is 560 g/mol. The SMILES string of the molecule is CCCN(CCC)CCCN(CCCN(CCC)CCC)c1cc(C)nc(Nc2ccc3cc(Br)ccc3c2)n1. The summed E-state index contributed by atoms with van der Waals surface area (Å²) >= 11 is 3.57. The van der Waals surface area contributed by atoms with Gasteiger partial charge in [-0.3, -0.25) is 0 Å². The Hall–Kier alpha value is -2.22. The zero-order valence-electron chi connectivity index (χ0n) is 25.6. The van der Waals surface area contributed by atoms with Crippen molar-refractivity contribution in [3.8, 4) is 0 Å². The summed E-state index contributed by atoms with van der Waals surface area (Å²) in [5.74, 6) is 1.68. The highest BCUT2D eigenvalue weighted by atomic mass is 79.9. The summed E-state index contributed by atoms with van der Waals surface area (Å²) in [7, 11) is 0. The first-order valence-electron chi connectivity index (χ1n) is 15.5. The number of nitrogens with zero attached hydrogens (tertiary/aromatic N) is 5. The summed E-state index contributed by atoms with van der Waals surface area (Å²) in [5, 5.41) is 5.88. The number of halogens is 1. The number of aryl methyl sites for hydroxylation is 1. The van der Waals surface area contributed by atoms with Crippen molar-refractivity contribution in [3.05, 3.63) is 52.6 Å². The number of fused-ring (bicyclic) bond motifs is 1. The molecule has 40 heavy (non-hydrogen) atoms. The third-order valence-corrected chi connectivity index (χ3v) is 7.68. The molecule has 1 N–H and O–H groups in total. The number of hydrogen-bond donors (Lipinski definition) is 1. The molecule has 0 saturated heterocycles. The predicted molar refractivity (Wildman–Crippen MR) is 177 cm³/mol. The van der Waals surface area contributed by atoms with Crippen LogP contribution in [-0.2, 0) is 0 Å². The molecule has 0 radical (unpaired) electrons. The van der Waals surface area contributed by atoms with Crippen LogP contribution in [-0.4, -0.2) is 72.1 Å². The van der Waals surface area contributed by atoms with E-state index in [-0.39, 0.29) is 0 Å². The Morgan fingerprint density at radius 2 is 1.20 bits per heavy atom. The molecule has 0 aliphatic carbocycles. The van der Waals surface area contributed by atoms with Gasteiger partial charge in [-0.05, 0) is 120 Å². The molecule has 7 heteroatoms. The lowest BCUT2D eigenvalue weighted by atomic mass is 10.1. The highest BCUT2D eigenvalue weighted by molar-refractivity contribution is 9.10. The summed E-state index contributed by atoms with van der Waals surface area (Å²) in [6.45, 7) is 20.2. The number of anilines is 3. The fraction of sp³-hybridized carbons (Fsp3) is 0.576. The lowest BCUT2D eigenvalue weighted by Gasteiger charge is -2.28. The minimum absolute atomic E-state index is 0.661. The molecule has 220 valence electrons. The molecule has 3 rings (SSSR count). The van der Waals surface area contributed by atoms with Gasteiger partial charge in [-0.15, -0.1) is 0 Å². The van der Waals surface area contributed by atoms with Gasteiger partial charge < -0.3 is 20.0 Å². The van der Waals surface area contributed by atoms with E-state index in [9.17, 15) is 0 Å². The van der Waals surface area contributed by atoms with E-state index in [0.29, 0.717) is 5.95 Å². The van der Waals surface area contributed by atoms with E-state index in [1.54, 1.807) is 0 Å². The highest BCUT2D eigenvalue weighted by Crippen LogP contribution is 2.25. The first-order valence-corrected chi connectivity index (χ1v) is 16.3. The van der Waals surface area contributed by atoms with Crippen molar-refractivity contribution in [1.82, 2.24) is 19.8 Å². The minimum atomic E-state index is 0.661. The van der Waals surface area contributed by atoms with Crippen molar-refractivity contribution >= 4 is 44.2 Å². The Morgan fingerprint density at radius 3 is 1.77 bits per heavy atom. The number of hydrogen-bond acceptors (Lipinski definition) is 6. The molecule has 0 atom stereocenters. The fourth-order valence-corrected chi connectivity index (χ4v) is 5.82. The molecule has 0 fully saturated rings. The molecule has 6 nitrogen and oxygen atoms in total. The van der Waals surface area contributed by atoms with Crippen LogP contribution in [0.25, 0.3) is 10.8 Å². The van der Waals surface area contributed by atoms with Gasteiger partial charge in [0, 0.05) is 35.0 Å². The van der Waals surface area contributed by atoms with Crippen LogP contribution >= 0.6 is 15.9 Å². The molecule has 1 aromatic heterocycles. The lowest BCUT2D eigenvalue weighted by Crippen LogP contribution is -2.34. The van der Waals surface area contributed by atoms with Gasteiger partial charge in [-0.1, -0.05) is 55.8 Å². The van der Waals surface area contributed by atoms with Gasteiger partial charge in [0.15, 0.2) is 0 Å². The fourth-order valence-electron chi connectivity index (χ4n) is 5.44. The average Bonchev–Trinajstić information content (AvgIpc) is 2.92. The van der Waals surface area contributed by atoms with E-state index in [1.165, 1.54) is 62.6 Å². The van der Waals surface area contributed by atoms with Crippen LogP contribution in [0.2, 0.25) is 0 Å². The normalized spacial score (nSPS) is 11.6. The lowest BCUT2D eigenvalue weighted by molar-refractivity contribution is 0.267. The molecule has 0 bridgehead atoms. The molecule has 0 amide bonds. The summed E-state index contributed by atoms with van der Waals surface area (Å²) < 4.78 is 1.09. The number of benzene rings is 2. The van der Waals surface area contributed by atoms with Gasteiger partial charge in [0.25, 0.3) is 0 Å². The summed E-state index contributed by atoms with van der Waals surface area (Å²) in [6.07, 6.45) is 7.11. The van der Waals surface area contributed by atoms with Gasteiger partial charge in [-0.2, -0.15) is 4.98 Å². The van der Waals surface area contributed by atoms with Crippen molar-refractivity contribution < 1.29 is 0 Å². The van der Waals surface area contributed by atoms with E-state index in [0.717, 1.165) is 60.7 Å². The number of aromatic nitrogens is 2. The van der Waals surface area contributed by atoms with Gasteiger partial charge in [-0.25, -0.2) is 4.98 Å². The zero-order chi connectivity index (χ0) is 28.7. The topological polar surface area (TPSA) is 47.5 Å². The second kappa shape index (κ2) is 17.6. The van der Waals surface area contributed by atoms with E-state index < -0.39 is 0 Å². The molecule has 2 aromatic carbocycles. The van der Waals surface area contributed by atoms with E-state index in [2.05, 4.69) is 113 Å². The van der Waals surface area contributed by atoms with Crippen LogP contribution in [0.3, 0.4) is 0 Å². The van der Waals surface area contributed by atoms with Crippen LogP contribution < -0.4 is 10.2 Å². The molecular formula is C33H51BrN6. The largest absolute Gasteiger partial charge is 0.356 e. The zero-order valence-corrected chi connectivity index (χ0v) is 27.1. The second-order valence-electron chi connectivity index (χ2n) is 10.9. The van der Waals surface area contributed by atoms with Crippen LogP contribution in [0.1, 0.15) is 71.9 Å². The molecule has 3 aromatic rings. The molecule has 0 aliphatic rings.